The Morgan fingerprint density at radius 1 is 1.38 bits per heavy atom. The van der Waals surface area contributed by atoms with Crippen LogP contribution in [0.5, 0.6) is 11.6 Å². The number of carbonyl (C=O) groups excluding carboxylic acids is 1. The molecule has 0 radical (unpaired) electrons. The van der Waals surface area contributed by atoms with Gasteiger partial charge in [-0.3, -0.25) is 4.79 Å². The molecule has 1 aromatic carbocycles. The summed E-state index contributed by atoms with van der Waals surface area (Å²) < 4.78 is 6.64. The van der Waals surface area contributed by atoms with Gasteiger partial charge in [-0.25, -0.2) is 4.98 Å². The Balaban J connectivity index is 1.66. The zero-order valence-corrected chi connectivity index (χ0v) is 15.1. The summed E-state index contributed by atoms with van der Waals surface area (Å²) in [7, 11) is 1.94. The Bertz CT molecular complexity index is 706. The molecule has 1 aliphatic heterocycles. The standard InChI is InChI=1S/C18H20BrN3O2/c1-20-15-5-3-9-22(12-15)18(23)13-7-8-17(21-11-13)24-16-6-2-4-14(19)10-16/h2,4,6-8,10-11,15,20H,3,5,9,12H2,1H3. The number of aromatic nitrogens is 1. The Labute approximate surface area is 150 Å². The topological polar surface area (TPSA) is 54.5 Å². The lowest BCUT2D eigenvalue weighted by Crippen LogP contribution is -2.46. The Morgan fingerprint density at radius 2 is 2.25 bits per heavy atom. The third-order valence-corrected chi connectivity index (χ3v) is 4.61. The van der Waals surface area contributed by atoms with Gasteiger partial charge < -0.3 is 15.0 Å². The van der Waals surface area contributed by atoms with Crippen LogP contribution in [0.1, 0.15) is 23.2 Å². The van der Waals surface area contributed by atoms with Crippen molar-refractivity contribution in [1.29, 1.82) is 0 Å². The molecule has 1 unspecified atom stereocenters. The van der Waals surface area contributed by atoms with Crippen molar-refractivity contribution in [1.82, 2.24) is 15.2 Å². The monoisotopic (exact) mass is 389 g/mol. The van der Waals surface area contributed by atoms with Gasteiger partial charge in [0.15, 0.2) is 0 Å². The number of likely N-dealkylation sites (tertiary alicyclic amines) is 1. The summed E-state index contributed by atoms with van der Waals surface area (Å²) in [5, 5.41) is 3.25. The van der Waals surface area contributed by atoms with E-state index in [1.807, 2.05) is 36.2 Å². The third-order valence-electron chi connectivity index (χ3n) is 4.12. The number of halogens is 1. The number of amides is 1. The predicted octanol–water partition coefficient (Wildman–Crippen LogP) is 3.46. The minimum absolute atomic E-state index is 0.0245. The number of nitrogens with one attached hydrogen (secondary N) is 1. The van der Waals surface area contributed by atoms with Crippen LogP contribution in [-0.4, -0.2) is 42.0 Å². The van der Waals surface area contributed by atoms with Crippen LogP contribution in [0.3, 0.4) is 0 Å². The minimum atomic E-state index is 0.0245. The highest BCUT2D eigenvalue weighted by atomic mass is 79.9. The Kier molecular flexibility index (Phi) is 5.48. The molecule has 126 valence electrons. The molecule has 5 nitrogen and oxygen atoms in total. The highest BCUT2D eigenvalue weighted by molar-refractivity contribution is 9.10. The van der Waals surface area contributed by atoms with Crippen molar-refractivity contribution in [3.8, 4) is 11.6 Å². The van der Waals surface area contributed by atoms with Gasteiger partial charge in [-0.15, -0.1) is 0 Å². The molecule has 6 heteroatoms. The van der Waals surface area contributed by atoms with Gasteiger partial charge in [0.25, 0.3) is 5.91 Å². The second kappa shape index (κ2) is 7.77. The second-order valence-electron chi connectivity index (χ2n) is 5.82. The van der Waals surface area contributed by atoms with Gasteiger partial charge in [-0.1, -0.05) is 22.0 Å². The van der Waals surface area contributed by atoms with Crippen molar-refractivity contribution >= 4 is 21.8 Å². The fourth-order valence-corrected chi connectivity index (χ4v) is 3.18. The van der Waals surface area contributed by atoms with Gasteiger partial charge in [0.05, 0.1) is 5.56 Å². The van der Waals surface area contributed by atoms with Crippen LogP contribution in [0.15, 0.2) is 47.1 Å². The number of carbonyl (C=O) groups is 1. The summed E-state index contributed by atoms with van der Waals surface area (Å²) in [6.45, 7) is 1.54. The fraction of sp³-hybridized carbons (Fsp3) is 0.333. The van der Waals surface area contributed by atoms with E-state index in [0.29, 0.717) is 23.2 Å². The molecule has 1 amide bonds. The predicted molar refractivity (Wildman–Crippen MR) is 96.4 cm³/mol. The van der Waals surface area contributed by atoms with Gasteiger partial charge in [-0.2, -0.15) is 0 Å². The first-order chi connectivity index (χ1) is 11.7. The number of hydrogen-bond acceptors (Lipinski definition) is 4. The maximum absolute atomic E-state index is 12.6. The maximum Gasteiger partial charge on any atom is 0.255 e. The lowest BCUT2D eigenvalue weighted by molar-refractivity contribution is 0.0697. The number of pyridine rings is 1. The maximum atomic E-state index is 12.6. The van der Waals surface area contributed by atoms with Crippen LogP contribution in [0, 0.1) is 0 Å². The SMILES string of the molecule is CNC1CCCN(C(=O)c2ccc(Oc3cccc(Br)c3)nc2)C1. The van der Waals surface area contributed by atoms with Crippen molar-refractivity contribution < 1.29 is 9.53 Å². The molecule has 24 heavy (non-hydrogen) atoms. The molecule has 1 fully saturated rings. The quantitative estimate of drug-likeness (QED) is 0.869. The molecule has 0 aliphatic carbocycles. The molecule has 2 heterocycles. The number of piperidine rings is 1. The molecular formula is C18H20BrN3O2. The van der Waals surface area contributed by atoms with E-state index in [2.05, 4.69) is 26.2 Å². The first-order valence-corrected chi connectivity index (χ1v) is 8.81. The zero-order chi connectivity index (χ0) is 16.9. The first-order valence-electron chi connectivity index (χ1n) is 8.02. The van der Waals surface area contributed by atoms with E-state index in [0.717, 1.165) is 30.4 Å². The molecule has 1 atom stereocenters. The first kappa shape index (κ1) is 16.9. The lowest BCUT2D eigenvalue weighted by atomic mass is 10.1. The summed E-state index contributed by atoms with van der Waals surface area (Å²) in [5.41, 5.74) is 0.591. The average molecular weight is 390 g/mol. The average Bonchev–Trinajstić information content (AvgIpc) is 2.62. The van der Waals surface area contributed by atoms with Gasteiger partial charge in [0.1, 0.15) is 5.75 Å². The van der Waals surface area contributed by atoms with Crippen LogP contribution in [-0.2, 0) is 0 Å². The van der Waals surface area contributed by atoms with Crippen molar-refractivity contribution in [2.75, 3.05) is 20.1 Å². The van der Waals surface area contributed by atoms with E-state index in [1.54, 1.807) is 18.3 Å². The number of nitrogens with zero attached hydrogens (tertiary/aromatic N) is 2. The van der Waals surface area contributed by atoms with Crippen LogP contribution < -0.4 is 10.1 Å². The Morgan fingerprint density at radius 3 is 2.96 bits per heavy atom. The largest absolute Gasteiger partial charge is 0.439 e. The van der Waals surface area contributed by atoms with Crippen LogP contribution in [0.4, 0.5) is 0 Å². The molecule has 0 bridgehead atoms. The summed E-state index contributed by atoms with van der Waals surface area (Å²) in [6, 6.07) is 11.4. The molecule has 1 aromatic heterocycles. The summed E-state index contributed by atoms with van der Waals surface area (Å²) in [5.74, 6) is 1.19. The Hall–Kier alpha value is -1.92. The lowest BCUT2D eigenvalue weighted by Gasteiger charge is -2.32. The second-order valence-corrected chi connectivity index (χ2v) is 6.74. The number of benzene rings is 1. The van der Waals surface area contributed by atoms with E-state index in [-0.39, 0.29) is 5.91 Å². The summed E-state index contributed by atoms with van der Waals surface area (Å²) in [4.78, 5) is 18.7. The molecule has 1 N–H and O–H groups in total. The van der Waals surface area contributed by atoms with E-state index >= 15 is 0 Å². The molecule has 0 spiro atoms. The number of rotatable bonds is 4. The third kappa shape index (κ3) is 4.13. The fourth-order valence-electron chi connectivity index (χ4n) is 2.80. The van der Waals surface area contributed by atoms with Gasteiger partial charge in [-0.05, 0) is 44.2 Å². The van der Waals surface area contributed by atoms with Crippen LogP contribution >= 0.6 is 15.9 Å². The van der Waals surface area contributed by atoms with Gasteiger partial charge in [0.2, 0.25) is 5.88 Å². The van der Waals surface area contributed by atoms with Crippen LogP contribution in [0.2, 0.25) is 0 Å². The highest BCUT2D eigenvalue weighted by Crippen LogP contribution is 2.23. The summed E-state index contributed by atoms with van der Waals surface area (Å²) in [6.07, 6.45) is 3.71. The van der Waals surface area contributed by atoms with Crippen LogP contribution in [0.25, 0.3) is 0 Å². The normalized spacial score (nSPS) is 17.6. The smallest absolute Gasteiger partial charge is 0.255 e. The zero-order valence-electron chi connectivity index (χ0n) is 13.5. The van der Waals surface area contributed by atoms with Gasteiger partial charge in [0, 0.05) is 35.9 Å². The van der Waals surface area contributed by atoms with Gasteiger partial charge >= 0.3 is 0 Å². The molecular weight excluding hydrogens is 370 g/mol. The van der Waals surface area contributed by atoms with E-state index in [1.165, 1.54) is 0 Å². The molecule has 2 aromatic rings. The molecule has 3 rings (SSSR count). The molecule has 1 aliphatic rings. The number of likely N-dealkylation sites (N-methyl/N-ethyl adjacent to an activating group) is 1. The van der Waals surface area contributed by atoms with E-state index < -0.39 is 0 Å². The molecule has 0 saturated carbocycles. The number of ether oxygens (including phenoxy) is 1. The van der Waals surface area contributed by atoms with Crippen molar-refractivity contribution in [3.63, 3.8) is 0 Å². The minimum Gasteiger partial charge on any atom is -0.439 e. The van der Waals surface area contributed by atoms with Crippen molar-refractivity contribution in [2.45, 2.75) is 18.9 Å². The number of hydrogen-bond donors (Lipinski definition) is 1. The highest BCUT2D eigenvalue weighted by Gasteiger charge is 2.23. The summed E-state index contributed by atoms with van der Waals surface area (Å²) >= 11 is 3.41. The van der Waals surface area contributed by atoms with E-state index in [4.69, 9.17) is 4.74 Å². The van der Waals surface area contributed by atoms with E-state index in [9.17, 15) is 4.79 Å². The van der Waals surface area contributed by atoms with Crippen molar-refractivity contribution in [3.05, 3.63) is 52.6 Å². The van der Waals surface area contributed by atoms with Crippen molar-refractivity contribution in [2.24, 2.45) is 0 Å². The molecule has 1 saturated heterocycles.